The van der Waals surface area contributed by atoms with Gasteiger partial charge < -0.3 is 15.2 Å². The summed E-state index contributed by atoms with van der Waals surface area (Å²) in [5.41, 5.74) is 2.10. The fourth-order valence-electron chi connectivity index (χ4n) is 4.76. The number of H-pyrrole nitrogens is 1. The molecule has 1 aromatic carbocycles. The van der Waals surface area contributed by atoms with Crippen LogP contribution in [-0.2, 0) is 6.54 Å². The molecular formula is C23H26Cl2N6O2. The quantitative estimate of drug-likeness (QED) is 0.562. The number of carbonyl (C=O) groups excluding carboxylic acids is 1. The van der Waals surface area contributed by atoms with Crippen molar-refractivity contribution in [1.29, 1.82) is 0 Å². The standard InChI is InChI=1S/C23H26Cl2N6O2/c1-13-19-21(31(29-13)16-5-3-2-4-6-16)27-20(28-22(19)32)15-11-30(12-15)23(33)26-10-14-7-8-17(24)18(25)9-14/h7-9,15-16H,2-6,10-12H2,1H3,(H,26,33)(H,27,28,32). The second-order valence-electron chi connectivity index (χ2n) is 8.98. The van der Waals surface area contributed by atoms with Crippen molar-refractivity contribution in [2.24, 2.45) is 0 Å². The lowest BCUT2D eigenvalue weighted by Gasteiger charge is -2.38. The lowest BCUT2D eigenvalue weighted by Crippen LogP contribution is -2.53. The van der Waals surface area contributed by atoms with Gasteiger partial charge in [-0.25, -0.2) is 14.5 Å². The van der Waals surface area contributed by atoms with E-state index in [9.17, 15) is 9.59 Å². The lowest BCUT2D eigenvalue weighted by molar-refractivity contribution is 0.148. The third kappa shape index (κ3) is 4.34. The van der Waals surface area contributed by atoms with Gasteiger partial charge in [0.2, 0.25) is 0 Å². The molecule has 2 N–H and O–H groups in total. The molecule has 2 aromatic heterocycles. The number of benzene rings is 1. The van der Waals surface area contributed by atoms with E-state index in [2.05, 4.69) is 15.4 Å². The molecule has 1 aliphatic carbocycles. The van der Waals surface area contributed by atoms with Crippen LogP contribution in [0.4, 0.5) is 4.79 Å². The van der Waals surface area contributed by atoms with Crippen LogP contribution in [0.2, 0.25) is 10.0 Å². The van der Waals surface area contributed by atoms with E-state index in [-0.39, 0.29) is 17.5 Å². The summed E-state index contributed by atoms with van der Waals surface area (Å²) >= 11 is 12.0. The molecule has 0 bridgehead atoms. The molecule has 1 saturated heterocycles. The fourth-order valence-corrected chi connectivity index (χ4v) is 5.08. The molecule has 2 fully saturated rings. The highest BCUT2D eigenvalue weighted by Crippen LogP contribution is 2.31. The number of likely N-dealkylation sites (tertiary alicyclic amines) is 1. The number of halogens is 2. The number of rotatable bonds is 4. The van der Waals surface area contributed by atoms with Gasteiger partial charge in [0.25, 0.3) is 5.56 Å². The van der Waals surface area contributed by atoms with Gasteiger partial charge in [-0.15, -0.1) is 0 Å². The Morgan fingerprint density at radius 1 is 1.18 bits per heavy atom. The first-order valence-corrected chi connectivity index (χ1v) is 12.1. The zero-order valence-electron chi connectivity index (χ0n) is 18.4. The molecule has 3 heterocycles. The van der Waals surface area contributed by atoms with E-state index in [1.54, 1.807) is 17.0 Å². The van der Waals surface area contributed by atoms with Gasteiger partial charge in [0.05, 0.1) is 27.7 Å². The lowest BCUT2D eigenvalue weighted by atomic mass is 9.96. The second-order valence-corrected chi connectivity index (χ2v) is 9.80. The predicted octanol–water partition coefficient (Wildman–Crippen LogP) is 4.55. The number of hydrogen-bond donors (Lipinski definition) is 2. The zero-order valence-corrected chi connectivity index (χ0v) is 19.9. The molecule has 2 amide bonds. The molecule has 0 spiro atoms. The minimum atomic E-state index is -0.163. The highest BCUT2D eigenvalue weighted by atomic mass is 35.5. The number of fused-ring (bicyclic) bond motifs is 1. The van der Waals surface area contributed by atoms with E-state index in [1.807, 2.05) is 17.7 Å². The maximum Gasteiger partial charge on any atom is 0.317 e. The van der Waals surface area contributed by atoms with Crippen LogP contribution in [0, 0.1) is 6.92 Å². The Morgan fingerprint density at radius 3 is 2.67 bits per heavy atom. The molecule has 3 aromatic rings. The van der Waals surface area contributed by atoms with Gasteiger partial charge in [0, 0.05) is 19.6 Å². The summed E-state index contributed by atoms with van der Waals surface area (Å²) in [4.78, 5) is 34.8. The van der Waals surface area contributed by atoms with Gasteiger partial charge in [-0.05, 0) is 37.5 Å². The largest absolute Gasteiger partial charge is 0.334 e. The van der Waals surface area contributed by atoms with Crippen molar-refractivity contribution in [3.8, 4) is 0 Å². The highest BCUT2D eigenvalue weighted by Gasteiger charge is 2.34. The summed E-state index contributed by atoms with van der Waals surface area (Å²) < 4.78 is 1.96. The zero-order chi connectivity index (χ0) is 23.1. The Bertz CT molecular complexity index is 1260. The van der Waals surface area contributed by atoms with Crippen molar-refractivity contribution < 1.29 is 4.79 Å². The van der Waals surface area contributed by atoms with Gasteiger partial charge in [0.1, 0.15) is 11.2 Å². The molecule has 33 heavy (non-hydrogen) atoms. The number of aromatic nitrogens is 4. The fraction of sp³-hybridized carbons (Fsp3) is 0.478. The average Bonchev–Trinajstić information content (AvgIpc) is 3.11. The number of nitrogens with zero attached hydrogens (tertiary/aromatic N) is 4. The molecule has 0 atom stereocenters. The maximum atomic E-state index is 12.8. The van der Waals surface area contributed by atoms with Crippen molar-refractivity contribution in [2.45, 2.75) is 57.5 Å². The van der Waals surface area contributed by atoms with Crippen LogP contribution in [-0.4, -0.2) is 43.8 Å². The topological polar surface area (TPSA) is 95.9 Å². The monoisotopic (exact) mass is 488 g/mol. The summed E-state index contributed by atoms with van der Waals surface area (Å²) in [6.07, 6.45) is 5.73. The number of nitrogens with one attached hydrogen (secondary N) is 2. The molecule has 2 aliphatic rings. The molecule has 1 saturated carbocycles. The molecular weight excluding hydrogens is 463 g/mol. The van der Waals surface area contributed by atoms with Gasteiger partial charge in [-0.2, -0.15) is 5.10 Å². The summed E-state index contributed by atoms with van der Waals surface area (Å²) in [5.74, 6) is 0.617. The van der Waals surface area contributed by atoms with E-state index >= 15 is 0 Å². The number of amides is 2. The molecule has 0 radical (unpaired) electrons. The van der Waals surface area contributed by atoms with E-state index in [4.69, 9.17) is 28.2 Å². The molecule has 10 heteroatoms. The Labute approximate surface area is 201 Å². The first-order chi connectivity index (χ1) is 15.9. The average molecular weight is 489 g/mol. The Morgan fingerprint density at radius 2 is 1.94 bits per heavy atom. The normalized spacial score (nSPS) is 17.4. The van der Waals surface area contributed by atoms with Gasteiger partial charge in [-0.1, -0.05) is 48.5 Å². The molecule has 5 rings (SSSR count). The molecule has 0 unspecified atom stereocenters. The molecule has 174 valence electrons. The SMILES string of the molecule is Cc1nn(C2CCCCC2)c2nc(C3CN(C(=O)NCc4ccc(Cl)c(Cl)c4)C3)[nH]c(=O)c12. The second kappa shape index (κ2) is 8.99. The Balaban J connectivity index is 1.27. The molecule has 1 aliphatic heterocycles. The maximum absolute atomic E-state index is 12.8. The third-order valence-corrected chi connectivity index (χ3v) is 7.40. The Hall–Kier alpha value is -2.58. The van der Waals surface area contributed by atoms with E-state index in [0.29, 0.717) is 58.3 Å². The smallest absolute Gasteiger partial charge is 0.317 e. The first-order valence-electron chi connectivity index (χ1n) is 11.4. The highest BCUT2D eigenvalue weighted by molar-refractivity contribution is 6.42. The first kappa shape index (κ1) is 22.2. The predicted molar refractivity (Wildman–Crippen MR) is 128 cm³/mol. The van der Waals surface area contributed by atoms with E-state index in [1.165, 1.54) is 19.3 Å². The van der Waals surface area contributed by atoms with Gasteiger partial charge in [0.15, 0.2) is 5.65 Å². The van der Waals surface area contributed by atoms with Crippen molar-refractivity contribution in [3.63, 3.8) is 0 Å². The van der Waals surface area contributed by atoms with Crippen LogP contribution in [0.3, 0.4) is 0 Å². The van der Waals surface area contributed by atoms with E-state index in [0.717, 1.165) is 18.4 Å². The number of urea groups is 1. The summed E-state index contributed by atoms with van der Waals surface area (Å²) in [6, 6.07) is 5.41. The third-order valence-electron chi connectivity index (χ3n) is 6.66. The summed E-state index contributed by atoms with van der Waals surface area (Å²) in [5, 5.41) is 9.07. The van der Waals surface area contributed by atoms with Crippen LogP contribution in [0.15, 0.2) is 23.0 Å². The summed E-state index contributed by atoms with van der Waals surface area (Å²) in [7, 11) is 0. The van der Waals surface area contributed by atoms with Crippen molar-refractivity contribution in [1.82, 2.24) is 30.0 Å². The van der Waals surface area contributed by atoms with Gasteiger partial charge in [-0.3, -0.25) is 4.79 Å². The molecule has 8 nitrogen and oxygen atoms in total. The Kier molecular flexibility index (Phi) is 6.05. The number of hydrogen-bond acceptors (Lipinski definition) is 4. The minimum Gasteiger partial charge on any atom is -0.334 e. The summed E-state index contributed by atoms with van der Waals surface area (Å²) in [6.45, 7) is 3.22. The minimum absolute atomic E-state index is 0.00663. The number of aryl methyl sites for hydroxylation is 1. The van der Waals surface area contributed by atoms with Crippen molar-refractivity contribution >= 4 is 40.3 Å². The van der Waals surface area contributed by atoms with Crippen LogP contribution in [0.5, 0.6) is 0 Å². The van der Waals surface area contributed by atoms with Crippen molar-refractivity contribution in [3.05, 3.63) is 55.7 Å². The van der Waals surface area contributed by atoms with Crippen LogP contribution in [0.1, 0.15) is 61.1 Å². The van der Waals surface area contributed by atoms with Crippen molar-refractivity contribution in [2.75, 3.05) is 13.1 Å². The number of carbonyl (C=O) groups is 1. The van der Waals surface area contributed by atoms with E-state index < -0.39 is 0 Å². The van der Waals surface area contributed by atoms with Crippen LogP contribution < -0.4 is 10.9 Å². The van der Waals surface area contributed by atoms with Crippen LogP contribution in [0.25, 0.3) is 11.0 Å². The van der Waals surface area contributed by atoms with Gasteiger partial charge >= 0.3 is 6.03 Å². The number of aromatic amines is 1. The van der Waals surface area contributed by atoms with Crippen LogP contribution >= 0.6 is 23.2 Å².